The van der Waals surface area contributed by atoms with E-state index in [1.54, 1.807) is 29.4 Å². The second-order valence-electron chi connectivity index (χ2n) is 6.80. The van der Waals surface area contributed by atoms with Gasteiger partial charge < -0.3 is 4.90 Å². The van der Waals surface area contributed by atoms with Crippen LogP contribution in [0.1, 0.15) is 40.1 Å². The molecule has 2 heterocycles. The first-order valence-corrected chi connectivity index (χ1v) is 11.6. The summed E-state index contributed by atoms with van der Waals surface area (Å²) in [5.74, 6) is -0.227. The fourth-order valence-corrected chi connectivity index (χ4v) is 6.13. The zero-order valence-corrected chi connectivity index (χ0v) is 17.8. The summed E-state index contributed by atoms with van der Waals surface area (Å²) in [7, 11) is -1.98. The van der Waals surface area contributed by atoms with Gasteiger partial charge in [-0.1, -0.05) is 18.0 Å². The molecule has 0 aliphatic carbocycles. The lowest BCUT2D eigenvalue weighted by atomic mass is 10.2. The molecule has 0 spiro atoms. The number of carbonyl (C=O) groups is 1. The molecule has 0 unspecified atom stereocenters. The molecule has 1 aromatic carbocycles. The topological polar surface area (TPSA) is 57.7 Å². The normalized spacial score (nSPS) is 15.7. The molecule has 3 rings (SSSR count). The Morgan fingerprint density at radius 3 is 2.56 bits per heavy atom. The van der Waals surface area contributed by atoms with Gasteiger partial charge in [0.2, 0.25) is 10.0 Å². The molecular weight excluding hydrogens is 404 g/mol. The first-order chi connectivity index (χ1) is 12.8. The summed E-state index contributed by atoms with van der Waals surface area (Å²) in [5.41, 5.74) is 1.47. The maximum Gasteiger partial charge on any atom is 0.253 e. The molecule has 2 aromatic rings. The predicted octanol–water partition coefficient (Wildman–Crippen LogP) is 4.16. The van der Waals surface area contributed by atoms with Crippen LogP contribution in [0.5, 0.6) is 0 Å². The van der Waals surface area contributed by atoms with Gasteiger partial charge in [0.25, 0.3) is 5.91 Å². The fourth-order valence-electron chi connectivity index (χ4n) is 3.15. The van der Waals surface area contributed by atoms with Gasteiger partial charge in [0.05, 0.1) is 11.6 Å². The summed E-state index contributed by atoms with van der Waals surface area (Å²) in [4.78, 5) is 15.5. The molecule has 1 aliphatic heterocycles. The van der Waals surface area contributed by atoms with Gasteiger partial charge in [0, 0.05) is 30.6 Å². The largest absolute Gasteiger partial charge is 0.337 e. The smallest absolute Gasteiger partial charge is 0.253 e. The van der Waals surface area contributed by atoms with Crippen molar-refractivity contribution in [2.45, 2.75) is 37.6 Å². The molecule has 0 saturated carbocycles. The molecule has 0 radical (unpaired) electrons. The van der Waals surface area contributed by atoms with Crippen molar-refractivity contribution in [2.75, 3.05) is 20.1 Å². The van der Waals surface area contributed by atoms with E-state index in [4.69, 9.17) is 11.6 Å². The number of thiophene rings is 1. The highest BCUT2D eigenvalue weighted by Crippen LogP contribution is 2.28. The molecule has 1 aliphatic rings. The minimum Gasteiger partial charge on any atom is -0.337 e. The zero-order valence-electron chi connectivity index (χ0n) is 15.4. The summed E-state index contributed by atoms with van der Waals surface area (Å²) in [6, 6.07) is 6.50. The van der Waals surface area contributed by atoms with Crippen LogP contribution >= 0.6 is 22.9 Å². The van der Waals surface area contributed by atoms with Gasteiger partial charge in [-0.2, -0.15) is 4.31 Å². The van der Waals surface area contributed by atoms with Gasteiger partial charge in [0.1, 0.15) is 4.90 Å². The fraction of sp³-hybridized carbons (Fsp3) is 0.421. The first-order valence-electron chi connectivity index (χ1n) is 8.89. The lowest BCUT2D eigenvalue weighted by Crippen LogP contribution is -2.36. The van der Waals surface area contributed by atoms with Crippen LogP contribution in [0, 0.1) is 6.92 Å². The molecular formula is C19H23ClN2O3S2. The highest BCUT2D eigenvalue weighted by Gasteiger charge is 2.29. The Labute approximate surface area is 169 Å². The quantitative estimate of drug-likeness (QED) is 0.721. The third-order valence-corrected chi connectivity index (χ3v) is 8.19. The third kappa shape index (κ3) is 4.37. The van der Waals surface area contributed by atoms with E-state index in [2.05, 4.69) is 0 Å². The molecule has 0 atom stereocenters. The molecule has 1 saturated heterocycles. The average molecular weight is 427 g/mol. The van der Waals surface area contributed by atoms with Crippen LogP contribution in [0.2, 0.25) is 5.02 Å². The molecule has 146 valence electrons. The number of halogens is 1. The van der Waals surface area contributed by atoms with Crippen molar-refractivity contribution in [3.8, 4) is 0 Å². The summed E-state index contributed by atoms with van der Waals surface area (Å²) in [5, 5.41) is 2.14. The van der Waals surface area contributed by atoms with E-state index in [-0.39, 0.29) is 15.8 Å². The van der Waals surface area contributed by atoms with Crippen LogP contribution in [0.25, 0.3) is 0 Å². The number of hydrogen-bond donors (Lipinski definition) is 0. The summed E-state index contributed by atoms with van der Waals surface area (Å²) >= 11 is 7.79. The van der Waals surface area contributed by atoms with E-state index in [0.717, 1.165) is 29.7 Å². The summed E-state index contributed by atoms with van der Waals surface area (Å²) in [6.45, 7) is 3.48. The first kappa shape index (κ1) is 20.3. The monoisotopic (exact) mass is 426 g/mol. The van der Waals surface area contributed by atoms with Gasteiger partial charge in [-0.25, -0.2) is 8.42 Å². The highest BCUT2D eigenvalue weighted by atomic mass is 35.5. The van der Waals surface area contributed by atoms with Gasteiger partial charge >= 0.3 is 0 Å². The van der Waals surface area contributed by atoms with Crippen LogP contribution in [-0.4, -0.2) is 43.7 Å². The maximum atomic E-state index is 13.0. The van der Waals surface area contributed by atoms with Crippen molar-refractivity contribution in [3.63, 3.8) is 0 Å². The molecule has 0 bridgehead atoms. The van der Waals surface area contributed by atoms with Crippen molar-refractivity contribution < 1.29 is 13.2 Å². The second kappa shape index (κ2) is 8.31. The van der Waals surface area contributed by atoms with Gasteiger partial charge in [-0.05, 0) is 55.0 Å². The lowest BCUT2D eigenvalue weighted by Gasteiger charge is -2.26. The van der Waals surface area contributed by atoms with Crippen LogP contribution in [0.4, 0.5) is 0 Å². The lowest BCUT2D eigenvalue weighted by molar-refractivity contribution is 0.0786. The predicted molar refractivity (Wildman–Crippen MR) is 109 cm³/mol. The molecule has 5 nitrogen and oxygen atoms in total. The number of sulfonamides is 1. The van der Waals surface area contributed by atoms with Gasteiger partial charge in [-0.3, -0.25) is 4.79 Å². The van der Waals surface area contributed by atoms with E-state index >= 15 is 0 Å². The van der Waals surface area contributed by atoms with Crippen LogP contribution in [0.15, 0.2) is 34.5 Å². The maximum absolute atomic E-state index is 13.0. The van der Waals surface area contributed by atoms with E-state index in [9.17, 15) is 13.2 Å². The van der Waals surface area contributed by atoms with Crippen molar-refractivity contribution in [1.82, 2.24) is 9.21 Å². The number of piperidine rings is 1. The van der Waals surface area contributed by atoms with E-state index in [1.807, 2.05) is 18.4 Å². The SMILES string of the molecule is Cc1ccsc1CN(C)C(=O)c1ccc(Cl)c(S(=O)(=O)N2CCCCC2)c1. The van der Waals surface area contributed by atoms with Crippen molar-refractivity contribution in [3.05, 3.63) is 50.7 Å². The molecule has 1 aromatic heterocycles. The zero-order chi connectivity index (χ0) is 19.6. The molecule has 1 amide bonds. The number of aryl methyl sites for hydroxylation is 1. The summed E-state index contributed by atoms with van der Waals surface area (Å²) in [6.07, 6.45) is 2.72. The van der Waals surface area contributed by atoms with Crippen LogP contribution < -0.4 is 0 Å². The Kier molecular flexibility index (Phi) is 6.25. The minimum absolute atomic E-state index is 0.0117. The Bertz CT molecular complexity index is 934. The Balaban J connectivity index is 1.86. The van der Waals surface area contributed by atoms with E-state index in [1.165, 1.54) is 16.4 Å². The van der Waals surface area contributed by atoms with Gasteiger partial charge in [0.15, 0.2) is 0 Å². The summed E-state index contributed by atoms with van der Waals surface area (Å²) < 4.78 is 27.4. The number of rotatable bonds is 5. The second-order valence-corrected chi connectivity index (χ2v) is 10.1. The Hall–Kier alpha value is -1.41. The van der Waals surface area contributed by atoms with E-state index < -0.39 is 10.0 Å². The number of carbonyl (C=O) groups excluding carboxylic acids is 1. The van der Waals surface area contributed by atoms with Crippen molar-refractivity contribution >= 4 is 38.9 Å². The molecule has 27 heavy (non-hydrogen) atoms. The van der Waals surface area contributed by atoms with Crippen molar-refractivity contribution in [1.29, 1.82) is 0 Å². The molecule has 8 heteroatoms. The van der Waals surface area contributed by atoms with Gasteiger partial charge in [-0.15, -0.1) is 11.3 Å². The Morgan fingerprint density at radius 2 is 1.93 bits per heavy atom. The van der Waals surface area contributed by atoms with Crippen molar-refractivity contribution in [2.24, 2.45) is 0 Å². The number of benzene rings is 1. The third-order valence-electron chi connectivity index (χ3n) is 4.81. The van der Waals surface area contributed by atoms with Crippen LogP contribution in [-0.2, 0) is 16.6 Å². The number of hydrogen-bond acceptors (Lipinski definition) is 4. The molecule has 0 N–H and O–H groups in total. The highest BCUT2D eigenvalue weighted by molar-refractivity contribution is 7.89. The minimum atomic E-state index is -3.70. The number of nitrogens with zero attached hydrogens (tertiary/aromatic N) is 2. The standard InChI is InChI=1S/C19H23ClN2O3S2/c1-14-8-11-26-17(14)13-21(2)19(23)15-6-7-16(20)18(12-15)27(24,25)22-9-4-3-5-10-22/h6-8,11-12H,3-5,9-10,13H2,1-2H3. The average Bonchev–Trinajstić information content (AvgIpc) is 3.06. The number of amides is 1. The molecule has 1 fully saturated rings. The Morgan fingerprint density at radius 1 is 1.22 bits per heavy atom. The van der Waals surface area contributed by atoms with E-state index in [0.29, 0.717) is 25.2 Å². The van der Waals surface area contributed by atoms with Crippen LogP contribution in [0.3, 0.4) is 0 Å².